The van der Waals surface area contributed by atoms with Crippen LogP contribution in [0.4, 0.5) is 0 Å². The lowest BCUT2D eigenvalue weighted by Crippen LogP contribution is -2.37. The highest BCUT2D eigenvalue weighted by Crippen LogP contribution is 2.28. The van der Waals surface area contributed by atoms with E-state index in [1.165, 1.54) is 0 Å². The van der Waals surface area contributed by atoms with Gasteiger partial charge in [0.25, 0.3) is 0 Å². The predicted molar refractivity (Wildman–Crippen MR) is 102 cm³/mol. The summed E-state index contributed by atoms with van der Waals surface area (Å²) >= 11 is 0. The Balaban J connectivity index is 0.00000441. The molecule has 1 aliphatic rings. The topological polar surface area (TPSA) is 45.1 Å². The highest BCUT2D eigenvalue weighted by Gasteiger charge is 2.30. The molecule has 5 nitrogen and oxygen atoms in total. The second-order valence-electron chi connectivity index (χ2n) is 7.26. The highest BCUT2D eigenvalue weighted by atomic mass is 127. The Bertz CT molecular complexity index is 371. The maximum Gasteiger partial charge on any atom is 0.309 e. The van der Waals surface area contributed by atoms with Gasteiger partial charge in [-0.3, -0.25) is 4.79 Å². The largest absolute Gasteiger partial charge is 0.460 e. The Labute approximate surface area is 152 Å². The molecule has 0 saturated heterocycles. The molecule has 0 aromatic rings. The molecule has 130 valence electrons. The number of guanidine groups is 1. The molecule has 0 amide bonds. The van der Waals surface area contributed by atoms with Crippen molar-refractivity contribution in [2.24, 2.45) is 10.9 Å². The zero-order valence-electron chi connectivity index (χ0n) is 15.0. The summed E-state index contributed by atoms with van der Waals surface area (Å²) < 4.78 is 5.48. The van der Waals surface area contributed by atoms with Crippen LogP contribution in [0.1, 0.15) is 46.5 Å². The lowest BCUT2D eigenvalue weighted by molar-refractivity contribution is -0.161. The van der Waals surface area contributed by atoms with Crippen LogP contribution in [0.3, 0.4) is 0 Å². The van der Waals surface area contributed by atoms with Crippen molar-refractivity contribution >= 4 is 35.9 Å². The SMILES string of the molecule is CN(C)C(=NC1CCC(C(=O)OC(C)(C)C)CC1)N(C)C.I. The fourth-order valence-electron chi connectivity index (χ4n) is 2.62. The van der Waals surface area contributed by atoms with Gasteiger partial charge in [-0.25, -0.2) is 4.99 Å². The summed E-state index contributed by atoms with van der Waals surface area (Å²) in [6.07, 6.45) is 3.65. The van der Waals surface area contributed by atoms with Gasteiger partial charge in [0, 0.05) is 28.2 Å². The van der Waals surface area contributed by atoms with E-state index in [4.69, 9.17) is 9.73 Å². The number of hydrogen-bond donors (Lipinski definition) is 0. The van der Waals surface area contributed by atoms with Crippen LogP contribution in [0.2, 0.25) is 0 Å². The minimum absolute atomic E-state index is 0. The Morgan fingerprint density at radius 3 is 1.82 bits per heavy atom. The smallest absolute Gasteiger partial charge is 0.309 e. The summed E-state index contributed by atoms with van der Waals surface area (Å²) in [7, 11) is 8.02. The van der Waals surface area contributed by atoms with Crippen LogP contribution in [0, 0.1) is 5.92 Å². The number of nitrogens with zero attached hydrogens (tertiary/aromatic N) is 3. The highest BCUT2D eigenvalue weighted by molar-refractivity contribution is 14.0. The second kappa shape index (κ2) is 8.93. The first-order chi connectivity index (χ1) is 9.60. The van der Waals surface area contributed by atoms with Crippen molar-refractivity contribution in [2.45, 2.75) is 58.1 Å². The molecule has 22 heavy (non-hydrogen) atoms. The fourth-order valence-corrected chi connectivity index (χ4v) is 2.62. The van der Waals surface area contributed by atoms with Crippen LogP contribution >= 0.6 is 24.0 Å². The average molecular weight is 425 g/mol. The number of carbonyl (C=O) groups is 1. The molecule has 0 spiro atoms. The molecule has 0 atom stereocenters. The van der Waals surface area contributed by atoms with Crippen molar-refractivity contribution in [2.75, 3.05) is 28.2 Å². The molecule has 1 fully saturated rings. The lowest BCUT2D eigenvalue weighted by Gasteiger charge is -2.30. The van der Waals surface area contributed by atoms with Crippen LogP contribution in [0.5, 0.6) is 0 Å². The molecular weight excluding hydrogens is 393 g/mol. The maximum atomic E-state index is 12.1. The van der Waals surface area contributed by atoms with Gasteiger partial charge in [-0.2, -0.15) is 0 Å². The molecule has 0 radical (unpaired) electrons. The monoisotopic (exact) mass is 425 g/mol. The minimum atomic E-state index is -0.394. The standard InChI is InChI=1S/C16H31N3O2.HI/c1-16(2,3)21-14(20)12-8-10-13(11-9-12)17-15(18(4)5)19(6)7;/h12-13H,8-11H2,1-7H3;1H. The second-order valence-corrected chi connectivity index (χ2v) is 7.26. The fraction of sp³-hybridized carbons (Fsp3) is 0.875. The first-order valence-corrected chi connectivity index (χ1v) is 7.75. The van der Waals surface area contributed by atoms with Crippen molar-refractivity contribution < 1.29 is 9.53 Å². The normalized spacial score (nSPS) is 21.4. The molecule has 0 bridgehead atoms. The molecule has 0 aromatic heterocycles. The van der Waals surface area contributed by atoms with E-state index < -0.39 is 5.60 Å². The molecular formula is C16H32IN3O2. The van der Waals surface area contributed by atoms with Crippen molar-refractivity contribution in [3.05, 3.63) is 0 Å². The molecule has 0 N–H and O–H groups in total. The van der Waals surface area contributed by atoms with Gasteiger partial charge >= 0.3 is 5.97 Å². The van der Waals surface area contributed by atoms with E-state index in [9.17, 15) is 4.79 Å². The Kier molecular flexibility index (Phi) is 8.72. The molecule has 6 heteroatoms. The summed E-state index contributed by atoms with van der Waals surface area (Å²) in [6, 6.07) is 0.309. The lowest BCUT2D eigenvalue weighted by atomic mass is 9.86. The van der Waals surface area contributed by atoms with Crippen molar-refractivity contribution in [1.82, 2.24) is 9.80 Å². The zero-order chi connectivity index (χ0) is 16.2. The third-order valence-corrected chi connectivity index (χ3v) is 3.53. The van der Waals surface area contributed by atoms with E-state index in [-0.39, 0.29) is 35.9 Å². The third-order valence-electron chi connectivity index (χ3n) is 3.53. The van der Waals surface area contributed by atoms with Gasteiger partial charge in [-0.05, 0) is 46.5 Å². The van der Waals surface area contributed by atoms with Crippen LogP contribution in [-0.4, -0.2) is 61.6 Å². The van der Waals surface area contributed by atoms with E-state index in [0.717, 1.165) is 31.6 Å². The number of rotatable bonds is 2. The predicted octanol–water partition coefficient (Wildman–Crippen LogP) is 2.98. The van der Waals surface area contributed by atoms with Crippen LogP contribution in [-0.2, 0) is 9.53 Å². The van der Waals surface area contributed by atoms with Crippen LogP contribution in [0.15, 0.2) is 4.99 Å². The number of hydrogen-bond acceptors (Lipinski definition) is 3. The van der Waals surface area contributed by atoms with E-state index in [1.54, 1.807) is 0 Å². The molecule has 0 heterocycles. The number of carbonyl (C=O) groups excluding carboxylic acids is 1. The molecule has 1 aliphatic carbocycles. The zero-order valence-corrected chi connectivity index (χ0v) is 17.4. The first kappa shape index (κ1) is 21.5. The van der Waals surface area contributed by atoms with Gasteiger partial charge in [0.1, 0.15) is 5.60 Å². The van der Waals surface area contributed by atoms with Crippen molar-refractivity contribution in [1.29, 1.82) is 0 Å². The van der Waals surface area contributed by atoms with Crippen LogP contribution in [0.25, 0.3) is 0 Å². The third kappa shape index (κ3) is 7.15. The van der Waals surface area contributed by atoms with Crippen molar-refractivity contribution in [3.63, 3.8) is 0 Å². The van der Waals surface area contributed by atoms with E-state index in [0.29, 0.717) is 6.04 Å². The molecule has 0 aromatic carbocycles. The summed E-state index contributed by atoms with van der Waals surface area (Å²) in [4.78, 5) is 21.0. The van der Waals surface area contributed by atoms with E-state index >= 15 is 0 Å². The van der Waals surface area contributed by atoms with Gasteiger partial charge in [-0.1, -0.05) is 0 Å². The van der Waals surface area contributed by atoms with Gasteiger partial charge in [0.05, 0.1) is 12.0 Å². The molecule has 1 saturated carbocycles. The van der Waals surface area contributed by atoms with Gasteiger partial charge in [0.15, 0.2) is 5.96 Å². The Hall–Kier alpha value is -0.530. The van der Waals surface area contributed by atoms with Gasteiger partial charge in [0.2, 0.25) is 0 Å². The summed E-state index contributed by atoms with van der Waals surface area (Å²) in [5, 5.41) is 0. The van der Waals surface area contributed by atoms with E-state index in [2.05, 4.69) is 0 Å². The number of ether oxygens (including phenoxy) is 1. The first-order valence-electron chi connectivity index (χ1n) is 7.75. The van der Waals surface area contributed by atoms with Gasteiger partial charge in [-0.15, -0.1) is 24.0 Å². The van der Waals surface area contributed by atoms with E-state index in [1.807, 2.05) is 58.8 Å². The summed E-state index contributed by atoms with van der Waals surface area (Å²) in [5.41, 5.74) is -0.394. The van der Waals surface area contributed by atoms with Crippen LogP contribution < -0.4 is 0 Å². The van der Waals surface area contributed by atoms with Gasteiger partial charge < -0.3 is 14.5 Å². The summed E-state index contributed by atoms with van der Waals surface area (Å²) in [5.74, 6) is 0.971. The number of esters is 1. The number of aliphatic imine (C=N–C) groups is 1. The summed E-state index contributed by atoms with van der Waals surface area (Å²) in [6.45, 7) is 5.75. The Morgan fingerprint density at radius 2 is 1.45 bits per heavy atom. The molecule has 0 aliphatic heterocycles. The maximum absolute atomic E-state index is 12.1. The average Bonchev–Trinajstić information content (AvgIpc) is 2.33. The van der Waals surface area contributed by atoms with Crippen molar-refractivity contribution in [3.8, 4) is 0 Å². The molecule has 0 unspecified atom stereocenters. The molecule has 1 rings (SSSR count). The number of halogens is 1. The Morgan fingerprint density at radius 1 is 1.00 bits per heavy atom. The minimum Gasteiger partial charge on any atom is -0.460 e. The quantitative estimate of drug-likeness (QED) is 0.295.